The first kappa shape index (κ1) is 15.3. The Morgan fingerprint density at radius 1 is 1.18 bits per heavy atom. The molecule has 3 rings (SSSR count). The Labute approximate surface area is 133 Å². The molecular formula is C18H27N3O. The zero-order chi connectivity index (χ0) is 15.7. The van der Waals surface area contributed by atoms with Gasteiger partial charge >= 0.3 is 0 Å². The van der Waals surface area contributed by atoms with Crippen LogP contribution in [0, 0.1) is 5.92 Å². The van der Waals surface area contributed by atoms with Crippen molar-refractivity contribution < 1.29 is 4.79 Å². The van der Waals surface area contributed by atoms with Crippen molar-refractivity contribution in [1.82, 2.24) is 9.80 Å². The first-order valence-corrected chi connectivity index (χ1v) is 8.34. The van der Waals surface area contributed by atoms with Gasteiger partial charge in [0.2, 0.25) is 5.91 Å². The molecule has 120 valence electrons. The first-order chi connectivity index (χ1) is 10.6. The number of fused-ring (bicyclic) bond motifs is 1. The minimum absolute atomic E-state index is 0.164. The maximum absolute atomic E-state index is 13.1. The lowest BCUT2D eigenvalue weighted by Crippen LogP contribution is -2.48. The Morgan fingerprint density at radius 3 is 2.73 bits per heavy atom. The van der Waals surface area contributed by atoms with E-state index < -0.39 is 0 Å². The Balaban J connectivity index is 1.82. The van der Waals surface area contributed by atoms with Crippen LogP contribution in [0.1, 0.15) is 25.3 Å². The van der Waals surface area contributed by atoms with Crippen molar-refractivity contribution >= 4 is 11.6 Å². The van der Waals surface area contributed by atoms with Gasteiger partial charge in [-0.15, -0.1) is 0 Å². The van der Waals surface area contributed by atoms with Crippen molar-refractivity contribution in [3.8, 4) is 0 Å². The summed E-state index contributed by atoms with van der Waals surface area (Å²) < 4.78 is 0. The van der Waals surface area contributed by atoms with Crippen LogP contribution in [0.2, 0.25) is 0 Å². The number of rotatable bonds is 1. The van der Waals surface area contributed by atoms with Crippen LogP contribution in [0.25, 0.3) is 0 Å². The van der Waals surface area contributed by atoms with Gasteiger partial charge in [-0.2, -0.15) is 0 Å². The van der Waals surface area contributed by atoms with Gasteiger partial charge in [-0.1, -0.05) is 18.2 Å². The molecule has 0 unspecified atom stereocenters. The lowest BCUT2D eigenvalue weighted by atomic mass is 9.96. The average molecular weight is 301 g/mol. The molecule has 1 aromatic rings. The lowest BCUT2D eigenvalue weighted by molar-refractivity contribution is -0.139. The van der Waals surface area contributed by atoms with Gasteiger partial charge in [0.15, 0.2) is 0 Å². The van der Waals surface area contributed by atoms with Crippen molar-refractivity contribution in [1.29, 1.82) is 0 Å². The minimum atomic E-state index is 0.164. The fourth-order valence-electron chi connectivity index (χ4n) is 3.85. The van der Waals surface area contributed by atoms with Crippen molar-refractivity contribution in [3.05, 3.63) is 29.8 Å². The molecule has 2 heterocycles. The zero-order valence-corrected chi connectivity index (χ0v) is 14.0. The molecule has 1 fully saturated rings. The first-order valence-electron chi connectivity index (χ1n) is 8.34. The van der Waals surface area contributed by atoms with Crippen molar-refractivity contribution in [2.24, 2.45) is 5.92 Å². The molecule has 1 amide bonds. The summed E-state index contributed by atoms with van der Waals surface area (Å²) in [4.78, 5) is 19.7. The molecular weight excluding hydrogens is 274 g/mol. The van der Waals surface area contributed by atoms with Crippen LogP contribution in [-0.4, -0.2) is 55.5 Å². The zero-order valence-electron chi connectivity index (χ0n) is 14.0. The number of carbonyl (C=O) groups excluding carboxylic acids is 1. The summed E-state index contributed by atoms with van der Waals surface area (Å²) in [6, 6.07) is 8.70. The number of para-hydroxylation sites is 1. The number of carbonyl (C=O) groups is 1. The van der Waals surface area contributed by atoms with Gasteiger partial charge in [-0.25, -0.2) is 0 Å². The molecule has 4 nitrogen and oxygen atoms in total. The number of hydrogen-bond acceptors (Lipinski definition) is 3. The molecule has 22 heavy (non-hydrogen) atoms. The predicted octanol–water partition coefficient (Wildman–Crippen LogP) is 2.20. The van der Waals surface area contributed by atoms with E-state index in [0.717, 1.165) is 39.0 Å². The van der Waals surface area contributed by atoms with Crippen LogP contribution in [0.5, 0.6) is 0 Å². The molecule has 0 spiro atoms. The summed E-state index contributed by atoms with van der Waals surface area (Å²) in [5.74, 6) is 0.501. The van der Waals surface area contributed by atoms with Crippen LogP contribution in [0.3, 0.4) is 0 Å². The third kappa shape index (κ3) is 2.98. The third-order valence-electron chi connectivity index (χ3n) is 5.07. The second kappa shape index (κ2) is 6.29. The molecule has 2 atom stereocenters. The van der Waals surface area contributed by atoms with E-state index >= 15 is 0 Å². The number of likely N-dealkylation sites (tertiary alicyclic amines) is 1. The summed E-state index contributed by atoms with van der Waals surface area (Å²) in [6.45, 7) is 5.82. The quantitative estimate of drug-likeness (QED) is 0.795. The largest absolute Gasteiger partial charge is 0.372 e. The van der Waals surface area contributed by atoms with Gasteiger partial charge in [-0.3, -0.25) is 4.79 Å². The Kier molecular flexibility index (Phi) is 4.39. The van der Waals surface area contributed by atoms with E-state index in [-0.39, 0.29) is 12.0 Å². The number of anilines is 1. The van der Waals surface area contributed by atoms with Crippen LogP contribution in [-0.2, 0) is 11.3 Å². The number of amides is 1. The van der Waals surface area contributed by atoms with E-state index in [2.05, 4.69) is 60.0 Å². The molecule has 0 N–H and O–H groups in total. The molecule has 0 radical (unpaired) electrons. The van der Waals surface area contributed by atoms with Crippen molar-refractivity contribution in [2.75, 3.05) is 38.6 Å². The van der Waals surface area contributed by atoms with Crippen molar-refractivity contribution in [2.45, 2.75) is 32.4 Å². The standard InChI is InChI=1S/C18H27N3O/c1-14-11-20(3)17-9-5-4-7-15(17)13-21(14)18(22)16-8-6-10-19(2)12-16/h4-5,7,9,14,16H,6,8,10-13H2,1-3H3/t14-,16-/m1/s1. The molecule has 2 aliphatic heterocycles. The molecule has 1 aromatic carbocycles. The second-order valence-electron chi connectivity index (χ2n) is 6.93. The van der Waals surface area contributed by atoms with Crippen LogP contribution in [0.4, 0.5) is 5.69 Å². The van der Waals surface area contributed by atoms with E-state index in [1.165, 1.54) is 11.3 Å². The Bertz CT molecular complexity index is 545. The highest BCUT2D eigenvalue weighted by Gasteiger charge is 2.32. The van der Waals surface area contributed by atoms with Gasteiger partial charge in [-0.05, 0) is 45.0 Å². The maximum atomic E-state index is 13.1. The average Bonchev–Trinajstić information content (AvgIpc) is 2.63. The third-order valence-corrected chi connectivity index (χ3v) is 5.07. The molecule has 0 aromatic heterocycles. The minimum Gasteiger partial charge on any atom is -0.372 e. The molecule has 1 saturated heterocycles. The van der Waals surface area contributed by atoms with Crippen LogP contribution >= 0.6 is 0 Å². The Hall–Kier alpha value is -1.55. The van der Waals surface area contributed by atoms with E-state index in [0.29, 0.717) is 5.91 Å². The smallest absolute Gasteiger partial charge is 0.227 e. The highest BCUT2D eigenvalue weighted by atomic mass is 16.2. The van der Waals surface area contributed by atoms with Crippen LogP contribution in [0.15, 0.2) is 24.3 Å². The summed E-state index contributed by atoms with van der Waals surface area (Å²) in [5, 5.41) is 0. The van der Waals surface area contributed by atoms with E-state index in [4.69, 9.17) is 0 Å². The van der Waals surface area contributed by atoms with Gasteiger partial charge < -0.3 is 14.7 Å². The molecule has 4 heteroatoms. The second-order valence-corrected chi connectivity index (χ2v) is 6.93. The lowest BCUT2D eigenvalue weighted by Gasteiger charge is -2.35. The highest BCUT2D eigenvalue weighted by Crippen LogP contribution is 2.28. The normalized spacial score (nSPS) is 26.5. The number of likely N-dealkylation sites (N-methyl/N-ethyl adjacent to an activating group) is 1. The molecule has 0 bridgehead atoms. The van der Waals surface area contributed by atoms with Gasteiger partial charge in [0.05, 0.1) is 5.92 Å². The SMILES string of the molecule is C[C@@H]1CN(C)c2ccccc2CN1C(=O)[C@@H]1CCCN(C)C1. The summed E-state index contributed by atoms with van der Waals surface area (Å²) in [5.41, 5.74) is 2.51. The van der Waals surface area contributed by atoms with Gasteiger partial charge in [0, 0.05) is 38.4 Å². The fourth-order valence-corrected chi connectivity index (χ4v) is 3.85. The number of piperidine rings is 1. The molecule has 2 aliphatic rings. The Morgan fingerprint density at radius 2 is 1.95 bits per heavy atom. The predicted molar refractivity (Wildman–Crippen MR) is 89.9 cm³/mol. The van der Waals surface area contributed by atoms with E-state index in [1.54, 1.807) is 0 Å². The monoisotopic (exact) mass is 301 g/mol. The van der Waals surface area contributed by atoms with E-state index in [9.17, 15) is 4.79 Å². The summed E-state index contributed by atoms with van der Waals surface area (Å²) >= 11 is 0. The summed E-state index contributed by atoms with van der Waals surface area (Å²) in [6.07, 6.45) is 2.16. The molecule has 0 aliphatic carbocycles. The van der Waals surface area contributed by atoms with Gasteiger partial charge in [0.25, 0.3) is 0 Å². The summed E-state index contributed by atoms with van der Waals surface area (Å²) in [7, 11) is 4.24. The van der Waals surface area contributed by atoms with Gasteiger partial charge in [0.1, 0.15) is 0 Å². The maximum Gasteiger partial charge on any atom is 0.227 e. The van der Waals surface area contributed by atoms with E-state index in [1.807, 2.05) is 0 Å². The number of benzene rings is 1. The van der Waals surface area contributed by atoms with Crippen LogP contribution < -0.4 is 4.90 Å². The number of nitrogens with zero attached hydrogens (tertiary/aromatic N) is 3. The van der Waals surface area contributed by atoms with Crippen molar-refractivity contribution in [3.63, 3.8) is 0 Å². The fraction of sp³-hybridized carbons (Fsp3) is 0.611. The number of hydrogen-bond donors (Lipinski definition) is 0. The topological polar surface area (TPSA) is 26.8 Å². The molecule has 0 saturated carbocycles. The highest BCUT2D eigenvalue weighted by molar-refractivity contribution is 5.80.